The van der Waals surface area contributed by atoms with Gasteiger partial charge in [-0.2, -0.15) is 13.2 Å². The zero-order chi connectivity index (χ0) is 25.8. The number of nitrogens with zero attached hydrogens (tertiary/aromatic N) is 7. The quantitative estimate of drug-likeness (QED) is 0.265. The van der Waals surface area contributed by atoms with Crippen LogP contribution >= 0.6 is 23.1 Å². The van der Waals surface area contributed by atoms with Gasteiger partial charge in [0.2, 0.25) is 11.9 Å². The number of aromatic nitrogens is 6. The molecule has 5 rings (SSSR count). The summed E-state index contributed by atoms with van der Waals surface area (Å²) in [5.41, 5.74) is -2.58. The van der Waals surface area contributed by atoms with Gasteiger partial charge in [-0.05, 0) is 54.2 Å². The Labute approximate surface area is 216 Å². The molecule has 37 heavy (non-hydrogen) atoms. The molecule has 1 amide bonds. The highest BCUT2D eigenvalue weighted by atomic mass is 32.2. The first kappa shape index (κ1) is 24.6. The number of alkyl halides is 3. The van der Waals surface area contributed by atoms with Crippen LogP contribution < -0.4 is 10.2 Å². The molecule has 0 aliphatic heterocycles. The molecule has 0 saturated heterocycles. The van der Waals surface area contributed by atoms with Crippen molar-refractivity contribution in [1.29, 1.82) is 0 Å². The second-order valence-electron chi connectivity index (χ2n) is 7.63. The zero-order valence-electron chi connectivity index (χ0n) is 18.8. The Kier molecular flexibility index (Phi) is 7.01. The molecule has 0 radical (unpaired) electrons. The van der Waals surface area contributed by atoms with Crippen LogP contribution in [-0.4, -0.2) is 41.4 Å². The van der Waals surface area contributed by atoms with E-state index in [1.54, 1.807) is 24.7 Å². The van der Waals surface area contributed by atoms with E-state index in [4.69, 9.17) is 4.98 Å². The summed E-state index contributed by atoms with van der Waals surface area (Å²) in [6.45, 7) is 0.138. The topological polar surface area (TPSA) is 102 Å². The van der Waals surface area contributed by atoms with E-state index in [9.17, 15) is 18.0 Å². The van der Waals surface area contributed by atoms with Crippen molar-refractivity contribution in [1.82, 2.24) is 29.9 Å². The van der Waals surface area contributed by atoms with Gasteiger partial charge in [-0.15, -0.1) is 5.10 Å². The van der Waals surface area contributed by atoms with Crippen LogP contribution in [0.3, 0.4) is 0 Å². The number of carbonyl (C=O) groups is 1. The van der Waals surface area contributed by atoms with Crippen LogP contribution in [0.25, 0.3) is 10.2 Å². The first-order valence-corrected chi connectivity index (χ1v) is 12.4. The number of para-hydroxylation sites is 1. The molecular weight excluding hydrogens is 525 g/mol. The minimum Gasteiger partial charge on any atom is -0.324 e. The summed E-state index contributed by atoms with van der Waals surface area (Å²) in [4.78, 5) is 27.7. The lowest BCUT2D eigenvalue weighted by atomic mass is 10.3. The number of hydrogen-bond donors (Lipinski definition) is 1. The predicted molar refractivity (Wildman–Crippen MR) is 135 cm³/mol. The molecule has 0 atom stereocenters. The van der Waals surface area contributed by atoms with Gasteiger partial charge in [0.1, 0.15) is 12.2 Å². The summed E-state index contributed by atoms with van der Waals surface area (Å²) < 4.78 is 39.8. The summed E-state index contributed by atoms with van der Waals surface area (Å²) in [5.74, 6) is 0.0445. The van der Waals surface area contributed by atoms with E-state index in [1.165, 1.54) is 40.3 Å². The summed E-state index contributed by atoms with van der Waals surface area (Å²) in [7, 11) is 0. The highest BCUT2D eigenvalue weighted by molar-refractivity contribution is 8.00. The first-order chi connectivity index (χ1) is 17.8. The number of benzene rings is 2. The fourth-order valence-electron chi connectivity index (χ4n) is 3.37. The highest BCUT2D eigenvalue weighted by Gasteiger charge is 2.29. The van der Waals surface area contributed by atoms with Gasteiger partial charge in [-0.1, -0.05) is 28.7 Å². The lowest BCUT2D eigenvalue weighted by molar-refractivity contribution is -0.116. The summed E-state index contributed by atoms with van der Waals surface area (Å²) in [6, 6.07) is 14.9. The number of anilines is 3. The Balaban J connectivity index is 1.26. The van der Waals surface area contributed by atoms with Gasteiger partial charge in [0.15, 0.2) is 5.13 Å². The molecule has 1 N–H and O–H groups in total. The molecule has 0 aliphatic rings. The summed E-state index contributed by atoms with van der Waals surface area (Å²) >= 11 is 1.28. The lowest BCUT2D eigenvalue weighted by Gasteiger charge is -2.17. The largest absolute Gasteiger partial charge is 0.446 e. The minimum atomic E-state index is -4.37. The van der Waals surface area contributed by atoms with Crippen molar-refractivity contribution in [3.05, 3.63) is 78.9 Å². The Bertz CT molecular complexity index is 1470. The molecule has 0 saturated carbocycles. The van der Waals surface area contributed by atoms with E-state index in [0.717, 1.165) is 10.2 Å². The Morgan fingerprint density at radius 1 is 1.05 bits per heavy atom. The molecule has 0 spiro atoms. The average Bonchev–Trinajstić information content (AvgIpc) is 3.50. The summed E-state index contributed by atoms with van der Waals surface area (Å²) in [6.07, 6.45) is 4.91. The molecule has 3 heterocycles. The van der Waals surface area contributed by atoms with Crippen molar-refractivity contribution in [2.45, 2.75) is 23.5 Å². The van der Waals surface area contributed by atoms with Gasteiger partial charge in [0.25, 0.3) is 0 Å². The SMILES string of the molecule is O=C(Cn1cc(CN(c2ncccn2)c2nc3ccccc3s2)nn1)Nc1ccc(SC(F)(F)F)cc1. The van der Waals surface area contributed by atoms with Gasteiger partial charge in [-0.25, -0.2) is 19.6 Å². The molecule has 14 heteroatoms. The number of carbonyl (C=O) groups excluding carboxylic acids is 1. The predicted octanol–water partition coefficient (Wildman–Crippen LogP) is 5.27. The smallest absolute Gasteiger partial charge is 0.324 e. The number of thiazole rings is 1. The molecule has 0 aliphatic carbocycles. The van der Waals surface area contributed by atoms with Crippen molar-refractivity contribution in [3.8, 4) is 0 Å². The fraction of sp³-hybridized carbons (Fsp3) is 0.130. The Morgan fingerprint density at radius 3 is 2.54 bits per heavy atom. The number of rotatable bonds is 8. The molecule has 2 aromatic carbocycles. The number of nitrogens with one attached hydrogen (secondary N) is 1. The van der Waals surface area contributed by atoms with Crippen LogP contribution in [-0.2, 0) is 17.9 Å². The number of thioether (sulfide) groups is 1. The van der Waals surface area contributed by atoms with E-state index < -0.39 is 11.4 Å². The van der Waals surface area contributed by atoms with Crippen molar-refractivity contribution in [2.75, 3.05) is 10.2 Å². The summed E-state index contributed by atoms with van der Waals surface area (Å²) in [5, 5.41) is 11.5. The van der Waals surface area contributed by atoms with Gasteiger partial charge in [0, 0.05) is 23.0 Å². The normalized spacial score (nSPS) is 11.5. The zero-order valence-corrected chi connectivity index (χ0v) is 20.5. The first-order valence-electron chi connectivity index (χ1n) is 10.8. The number of fused-ring (bicyclic) bond motifs is 1. The van der Waals surface area contributed by atoms with E-state index in [-0.39, 0.29) is 29.7 Å². The number of amides is 1. The van der Waals surface area contributed by atoms with E-state index in [0.29, 0.717) is 22.5 Å². The van der Waals surface area contributed by atoms with Crippen molar-refractivity contribution < 1.29 is 18.0 Å². The molecule has 9 nitrogen and oxygen atoms in total. The van der Waals surface area contributed by atoms with E-state index >= 15 is 0 Å². The molecule has 0 bridgehead atoms. The van der Waals surface area contributed by atoms with E-state index in [1.807, 2.05) is 29.2 Å². The van der Waals surface area contributed by atoms with E-state index in [2.05, 4.69) is 25.6 Å². The lowest BCUT2D eigenvalue weighted by Crippen LogP contribution is -2.19. The third-order valence-electron chi connectivity index (χ3n) is 4.89. The molecular formula is C23H17F3N8OS2. The third kappa shape index (κ3) is 6.40. The number of hydrogen-bond acceptors (Lipinski definition) is 9. The van der Waals surface area contributed by atoms with Gasteiger partial charge in [-0.3, -0.25) is 9.69 Å². The second kappa shape index (κ2) is 10.5. The Morgan fingerprint density at radius 2 is 1.81 bits per heavy atom. The highest BCUT2D eigenvalue weighted by Crippen LogP contribution is 2.37. The van der Waals surface area contributed by atoms with Crippen molar-refractivity contribution in [2.24, 2.45) is 0 Å². The standard InChI is InChI=1S/C23H17F3N8OS2/c24-23(25,26)37-17-8-6-15(7-9-17)29-20(35)14-33-12-16(31-32-33)13-34(21-27-10-3-11-28-21)22-30-18-4-1-2-5-19(18)36-22/h1-12H,13-14H2,(H,29,35). The van der Waals surface area contributed by atoms with Crippen LogP contribution in [0.4, 0.5) is 29.9 Å². The molecule has 0 unspecified atom stereocenters. The van der Waals surface area contributed by atoms with Gasteiger partial charge in [0.05, 0.1) is 23.0 Å². The number of halogens is 3. The van der Waals surface area contributed by atoms with Crippen molar-refractivity contribution >= 4 is 56.0 Å². The molecule has 5 aromatic rings. The Hall–Kier alpha value is -4.04. The van der Waals surface area contributed by atoms with Crippen LogP contribution in [0.2, 0.25) is 0 Å². The maximum absolute atomic E-state index is 12.5. The van der Waals surface area contributed by atoms with Crippen LogP contribution in [0.5, 0.6) is 0 Å². The van der Waals surface area contributed by atoms with Crippen LogP contribution in [0.1, 0.15) is 5.69 Å². The van der Waals surface area contributed by atoms with Crippen LogP contribution in [0, 0.1) is 0 Å². The monoisotopic (exact) mass is 542 g/mol. The average molecular weight is 543 g/mol. The minimum absolute atomic E-state index is 0.0338. The molecule has 0 fully saturated rings. The third-order valence-corrected chi connectivity index (χ3v) is 6.69. The molecule has 3 aromatic heterocycles. The second-order valence-corrected chi connectivity index (χ2v) is 9.77. The molecule has 188 valence electrons. The van der Waals surface area contributed by atoms with Crippen molar-refractivity contribution in [3.63, 3.8) is 0 Å². The van der Waals surface area contributed by atoms with Gasteiger partial charge < -0.3 is 5.32 Å². The van der Waals surface area contributed by atoms with Gasteiger partial charge >= 0.3 is 5.51 Å². The maximum Gasteiger partial charge on any atom is 0.446 e. The maximum atomic E-state index is 12.5. The fourth-order valence-corrected chi connectivity index (χ4v) is 4.87. The van der Waals surface area contributed by atoms with Crippen LogP contribution in [0.15, 0.2) is 78.1 Å².